The lowest BCUT2D eigenvalue weighted by Crippen LogP contribution is -2.13. The second kappa shape index (κ2) is 6.94. The molecule has 0 unspecified atom stereocenters. The van der Waals surface area contributed by atoms with Crippen molar-refractivity contribution < 1.29 is 0 Å². The van der Waals surface area contributed by atoms with Crippen LogP contribution in [0.15, 0.2) is 24.3 Å². The SMILES string of the molecule is C=C/C=C(\C(C)C)C(C)(C)C.CC. The maximum absolute atomic E-state index is 3.72. The molecule has 0 radical (unpaired) electrons. The summed E-state index contributed by atoms with van der Waals surface area (Å²) in [5.74, 6) is 0.619. The predicted octanol–water partition coefficient (Wildman–Crippen LogP) is 4.83. The van der Waals surface area contributed by atoms with Crippen LogP contribution in [-0.4, -0.2) is 0 Å². The lowest BCUT2D eigenvalue weighted by atomic mass is 9.80. The fraction of sp³-hybridized carbons (Fsp3) is 0.692. The van der Waals surface area contributed by atoms with Crippen LogP contribution >= 0.6 is 0 Å². The molecule has 0 saturated heterocycles. The van der Waals surface area contributed by atoms with Gasteiger partial charge in [-0.3, -0.25) is 0 Å². The molecule has 0 aliphatic carbocycles. The summed E-state index contributed by atoms with van der Waals surface area (Å²) in [5.41, 5.74) is 1.75. The first-order valence-corrected chi connectivity index (χ1v) is 5.22. The number of hydrogen-bond donors (Lipinski definition) is 0. The molecule has 78 valence electrons. The van der Waals surface area contributed by atoms with Crippen molar-refractivity contribution in [2.24, 2.45) is 11.3 Å². The molecule has 0 spiro atoms. The van der Waals surface area contributed by atoms with Crippen LogP contribution < -0.4 is 0 Å². The Morgan fingerprint density at radius 1 is 1.15 bits per heavy atom. The molecule has 0 heteroatoms. The third-order valence-electron chi connectivity index (χ3n) is 1.79. The standard InChI is InChI=1S/C11H20.C2H6/c1-7-8-10(9(2)3)11(4,5)6;1-2/h7-9H,1H2,2-6H3;1-2H3/b10-8+;. The second-order valence-corrected chi connectivity index (χ2v) is 4.26. The first-order chi connectivity index (χ1) is 5.89. The van der Waals surface area contributed by atoms with Gasteiger partial charge in [-0.15, -0.1) is 0 Å². The van der Waals surface area contributed by atoms with E-state index in [1.54, 1.807) is 0 Å². The van der Waals surface area contributed by atoms with Gasteiger partial charge in [0, 0.05) is 0 Å². The van der Waals surface area contributed by atoms with E-state index < -0.39 is 0 Å². The summed E-state index contributed by atoms with van der Waals surface area (Å²) in [6, 6.07) is 0. The summed E-state index contributed by atoms with van der Waals surface area (Å²) in [5, 5.41) is 0. The normalized spacial score (nSPS) is 12.2. The Labute approximate surface area is 84.7 Å². The van der Waals surface area contributed by atoms with Crippen molar-refractivity contribution in [2.75, 3.05) is 0 Å². The topological polar surface area (TPSA) is 0 Å². The Morgan fingerprint density at radius 2 is 1.54 bits per heavy atom. The fourth-order valence-electron chi connectivity index (χ4n) is 1.44. The average molecular weight is 182 g/mol. The van der Waals surface area contributed by atoms with E-state index in [0.717, 1.165) is 0 Å². The van der Waals surface area contributed by atoms with Gasteiger partial charge in [0.25, 0.3) is 0 Å². The molecule has 0 aromatic rings. The van der Waals surface area contributed by atoms with E-state index in [2.05, 4.69) is 47.3 Å². The highest BCUT2D eigenvalue weighted by atomic mass is 14.2. The summed E-state index contributed by atoms with van der Waals surface area (Å²) in [6.45, 7) is 18.9. The predicted molar refractivity (Wildman–Crippen MR) is 63.9 cm³/mol. The maximum atomic E-state index is 3.72. The molecule has 0 aromatic carbocycles. The van der Waals surface area contributed by atoms with Crippen LogP contribution in [0.5, 0.6) is 0 Å². The molecule has 0 rings (SSSR count). The Bertz CT molecular complexity index is 153. The highest BCUT2D eigenvalue weighted by Crippen LogP contribution is 2.30. The minimum absolute atomic E-state index is 0.280. The van der Waals surface area contributed by atoms with Gasteiger partial charge in [0.05, 0.1) is 0 Å². The van der Waals surface area contributed by atoms with Crippen LogP contribution in [-0.2, 0) is 0 Å². The zero-order chi connectivity index (χ0) is 11.1. The molecule has 0 atom stereocenters. The van der Waals surface area contributed by atoms with Crippen LogP contribution in [0.1, 0.15) is 48.5 Å². The van der Waals surface area contributed by atoms with Crippen LogP contribution in [0.3, 0.4) is 0 Å². The molecule has 0 aliphatic heterocycles. The van der Waals surface area contributed by atoms with E-state index in [1.807, 2.05) is 19.9 Å². The molecule has 0 amide bonds. The van der Waals surface area contributed by atoms with Crippen molar-refractivity contribution in [1.29, 1.82) is 0 Å². The zero-order valence-electron chi connectivity index (χ0n) is 10.4. The molecule has 0 fully saturated rings. The Balaban J connectivity index is 0. The van der Waals surface area contributed by atoms with E-state index >= 15 is 0 Å². The largest absolute Gasteiger partial charge is 0.0991 e. The summed E-state index contributed by atoms with van der Waals surface area (Å²) >= 11 is 0. The van der Waals surface area contributed by atoms with E-state index in [0.29, 0.717) is 5.92 Å². The van der Waals surface area contributed by atoms with Gasteiger partial charge < -0.3 is 0 Å². The molecule has 0 saturated carbocycles. The molecule has 0 aliphatic rings. The first kappa shape index (κ1) is 15.0. The number of allylic oxidation sites excluding steroid dienone is 3. The zero-order valence-corrected chi connectivity index (χ0v) is 10.4. The van der Waals surface area contributed by atoms with Crippen molar-refractivity contribution in [1.82, 2.24) is 0 Å². The molecule has 13 heavy (non-hydrogen) atoms. The fourth-order valence-corrected chi connectivity index (χ4v) is 1.44. The molecular weight excluding hydrogens is 156 g/mol. The quantitative estimate of drug-likeness (QED) is 0.537. The average Bonchev–Trinajstić information content (AvgIpc) is 2.01. The van der Waals surface area contributed by atoms with Gasteiger partial charge in [-0.2, -0.15) is 0 Å². The molecule has 0 bridgehead atoms. The van der Waals surface area contributed by atoms with Gasteiger partial charge in [0.15, 0.2) is 0 Å². The Morgan fingerprint density at radius 3 is 1.62 bits per heavy atom. The van der Waals surface area contributed by atoms with Crippen molar-refractivity contribution >= 4 is 0 Å². The summed E-state index contributed by atoms with van der Waals surface area (Å²) < 4.78 is 0. The lowest BCUT2D eigenvalue weighted by molar-refractivity contribution is 0.448. The van der Waals surface area contributed by atoms with Gasteiger partial charge in [-0.25, -0.2) is 0 Å². The second-order valence-electron chi connectivity index (χ2n) is 4.26. The van der Waals surface area contributed by atoms with Gasteiger partial charge in [0.2, 0.25) is 0 Å². The van der Waals surface area contributed by atoms with Gasteiger partial charge >= 0.3 is 0 Å². The summed E-state index contributed by atoms with van der Waals surface area (Å²) in [7, 11) is 0. The van der Waals surface area contributed by atoms with Gasteiger partial charge in [0.1, 0.15) is 0 Å². The first-order valence-electron chi connectivity index (χ1n) is 5.22. The van der Waals surface area contributed by atoms with Gasteiger partial charge in [-0.05, 0) is 11.3 Å². The third-order valence-corrected chi connectivity index (χ3v) is 1.79. The van der Waals surface area contributed by atoms with E-state index in [-0.39, 0.29) is 5.41 Å². The van der Waals surface area contributed by atoms with Crippen LogP contribution in [0.25, 0.3) is 0 Å². The number of hydrogen-bond acceptors (Lipinski definition) is 0. The van der Waals surface area contributed by atoms with Crippen LogP contribution in [0.2, 0.25) is 0 Å². The minimum Gasteiger partial charge on any atom is -0.0991 e. The maximum Gasteiger partial charge on any atom is -0.0167 e. The minimum atomic E-state index is 0.280. The monoisotopic (exact) mass is 182 g/mol. The van der Waals surface area contributed by atoms with E-state index in [9.17, 15) is 0 Å². The van der Waals surface area contributed by atoms with Crippen molar-refractivity contribution in [3.8, 4) is 0 Å². The van der Waals surface area contributed by atoms with Crippen molar-refractivity contribution in [3.63, 3.8) is 0 Å². The van der Waals surface area contributed by atoms with E-state index in [1.165, 1.54) is 5.57 Å². The highest BCUT2D eigenvalue weighted by molar-refractivity contribution is 5.18. The third kappa shape index (κ3) is 6.62. The molecule has 0 aromatic heterocycles. The Kier molecular flexibility index (Phi) is 7.99. The number of rotatable bonds is 2. The van der Waals surface area contributed by atoms with Gasteiger partial charge in [-0.1, -0.05) is 72.8 Å². The molecule has 0 nitrogen and oxygen atoms in total. The van der Waals surface area contributed by atoms with Crippen molar-refractivity contribution in [2.45, 2.75) is 48.5 Å². The van der Waals surface area contributed by atoms with Crippen LogP contribution in [0.4, 0.5) is 0 Å². The smallest absolute Gasteiger partial charge is 0.0167 e. The molecule has 0 N–H and O–H groups in total. The van der Waals surface area contributed by atoms with Crippen molar-refractivity contribution in [3.05, 3.63) is 24.3 Å². The summed E-state index contributed by atoms with van der Waals surface area (Å²) in [4.78, 5) is 0. The summed E-state index contributed by atoms with van der Waals surface area (Å²) in [6.07, 6.45) is 4.01. The molecular formula is C13H26. The van der Waals surface area contributed by atoms with Crippen LogP contribution in [0, 0.1) is 11.3 Å². The lowest BCUT2D eigenvalue weighted by Gasteiger charge is -2.26. The van der Waals surface area contributed by atoms with E-state index in [4.69, 9.17) is 0 Å². The Hall–Kier alpha value is -0.520. The molecule has 0 heterocycles. The highest BCUT2D eigenvalue weighted by Gasteiger charge is 2.18.